The van der Waals surface area contributed by atoms with Crippen molar-refractivity contribution in [1.82, 2.24) is 0 Å². The van der Waals surface area contributed by atoms with E-state index in [0.29, 0.717) is 0 Å². The van der Waals surface area contributed by atoms with E-state index in [0.717, 1.165) is 30.4 Å². The molecule has 0 saturated heterocycles. The van der Waals surface area contributed by atoms with Crippen LogP contribution < -0.4 is 0 Å². The number of carbonyl (C=O) groups is 1. The average Bonchev–Trinajstić information content (AvgIpc) is 2.07. The fourth-order valence-corrected chi connectivity index (χ4v) is 0.993. The topological polar surface area (TPSA) is 118 Å². The van der Waals surface area contributed by atoms with Gasteiger partial charge in [0, 0.05) is 6.08 Å². The Labute approximate surface area is 84.7 Å². The molecule has 0 aliphatic heterocycles. The van der Waals surface area contributed by atoms with E-state index in [2.05, 4.69) is 0 Å². The molecule has 0 fully saturated rings. The van der Waals surface area contributed by atoms with Crippen LogP contribution in [-0.2, 0) is 4.79 Å². The van der Waals surface area contributed by atoms with Gasteiger partial charge in [-0.05, 0) is 23.8 Å². The van der Waals surface area contributed by atoms with Crippen LogP contribution in [0.3, 0.4) is 0 Å². The number of hydrogen-bond donors (Lipinski definition) is 5. The molecule has 0 aromatic heterocycles. The summed E-state index contributed by atoms with van der Waals surface area (Å²) in [5.41, 5.74) is 0.140. The lowest BCUT2D eigenvalue weighted by atomic mass is 9.95. The van der Waals surface area contributed by atoms with Gasteiger partial charge in [-0.2, -0.15) is 0 Å². The molecular formula is C9H10O6. The quantitative estimate of drug-likeness (QED) is 0.281. The molecule has 15 heavy (non-hydrogen) atoms. The first kappa shape index (κ1) is 11.6. The molecule has 0 radical (unpaired) electrons. The van der Waals surface area contributed by atoms with Gasteiger partial charge < -0.3 is 25.5 Å². The predicted molar refractivity (Wildman–Crippen MR) is 48.3 cm³/mol. The molecule has 0 amide bonds. The minimum atomic E-state index is -2.85. The number of aliphatic carboxylic acids is 1. The van der Waals surface area contributed by atoms with E-state index < -0.39 is 17.5 Å². The lowest BCUT2D eigenvalue weighted by Crippen LogP contribution is -2.53. The summed E-state index contributed by atoms with van der Waals surface area (Å²) < 4.78 is 0. The molecule has 5 N–H and O–H groups in total. The van der Waals surface area contributed by atoms with Crippen LogP contribution in [0.2, 0.25) is 0 Å². The lowest BCUT2D eigenvalue weighted by Gasteiger charge is -2.32. The highest BCUT2D eigenvalue weighted by Crippen LogP contribution is 2.27. The Balaban J connectivity index is 2.94. The van der Waals surface area contributed by atoms with Crippen LogP contribution in [0.15, 0.2) is 36.0 Å². The summed E-state index contributed by atoms with van der Waals surface area (Å²) in [5, 5.41) is 44.8. The summed E-state index contributed by atoms with van der Waals surface area (Å²) in [7, 11) is 0. The van der Waals surface area contributed by atoms with Gasteiger partial charge in [-0.3, -0.25) is 0 Å². The molecule has 0 saturated carbocycles. The summed E-state index contributed by atoms with van der Waals surface area (Å²) in [6.45, 7) is 0. The van der Waals surface area contributed by atoms with Gasteiger partial charge in [0.15, 0.2) is 0 Å². The summed E-state index contributed by atoms with van der Waals surface area (Å²) in [5.74, 6) is -6.83. The second-order valence-corrected chi connectivity index (χ2v) is 3.10. The van der Waals surface area contributed by atoms with E-state index in [4.69, 9.17) is 15.3 Å². The first-order chi connectivity index (χ1) is 6.74. The van der Waals surface area contributed by atoms with Gasteiger partial charge in [-0.25, -0.2) is 4.79 Å². The number of allylic oxidation sites excluding steroid dienone is 3. The van der Waals surface area contributed by atoms with Crippen molar-refractivity contribution < 1.29 is 30.3 Å². The zero-order chi connectivity index (χ0) is 11.7. The van der Waals surface area contributed by atoms with Crippen LogP contribution in [0.5, 0.6) is 0 Å². The third-order valence-electron chi connectivity index (χ3n) is 1.84. The predicted octanol–water partition coefficient (Wildman–Crippen LogP) is -1.51. The van der Waals surface area contributed by atoms with Crippen molar-refractivity contribution in [1.29, 1.82) is 0 Å². The molecule has 0 aromatic carbocycles. The van der Waals surface area contributed by atoms with Crippen molar-refractivity contribution >= 4 is 5.97 Å². The minimum absolute atomic E-state index is 0.140. The second-order valence-electron chi connectivity index (χ2n) is 3.10. The van der Waals surface area contributed by atoms with Crippen LogP contribution in [-0.4, -0.2) is 43.1 Å². The highest BCUT2D eigenvalue weighted by Gasteiger charge is 2.45. The van der Waals surface area contributed by atoms with Crippen molar-refractivity contribution in [3.8, 4) is 0 Å². The fraction of sp³-hybridized carbons (Fsp3) is 0.222. The molecule has 0 atom stereocenters. The highest BCUT2D eigenvalue weighted by atomic mass is 16.6. The first-order valence-corrected chi connectivity index (χ1v) is 3.97. The van der Waals surface area contributed by atoms with Crippen molar-refractivity contribution in [3.05, 3.63) is 36.0 Å². The lowest BCUT2D eigenvalue weighted by molar-refractivity contribution is -0.308. The highest BCUT2D eigenvalue weighted by molar-refractivity contribution is 5.80. The van der Waals surface area contributed by atoms with E-state index in [-0.39, 0.29) is 5.57 Å². The van der Waals surface area contributed by atoms with Crippen molar-refractivity contribution in [2.75, 3.05) is 0 Å². The number of rotatable bonds is 2. The zero-order valence-corrected chi connectivity index (χ0v) is 7.53. The number of hydrogen-bond acceptors (Lipinski definition) is 5. The van der Waals surface area contributed by atoms with Gasteiger partial charge in [0.25, 0.3) is 0 Å². The molecule has 1 rings (SSSR count). The Morgan fingerprint density at radius 3 is 2.27 bits per heavy atom. The standard InChI is InChI=1S/C9H10O6/c10-7(11)2-1-6-3-4-8(12,13)9(14,15)5-6/h1-5,12-15H,(H,10,11)/b2-1+. The molecular weight excluding hydrogens is 204 g/mol. The number of aliphatic hydroxyl groups is 4. The van der Waals surface area contributed by atoms with Crippen molar-refractivity contribution in [2.24, 2.45) is 0 Å². The van der Waals surface area contributed by atoms with E-state index in [1.165, 1.54) is 0 Å². The van der Waals surface area contributed by atoms with E-state index >= 15 is 0 Å². The van der Waals surface area contributed by atoms with E-state index in [1.807, 2.05) is 0 Å². The number of carboxylic acid groups (broad SMARTS) is 1. The molecule has 0 unspecified atom stereocenters. The molecule has 1 aliphatic rings. The molecule has 0 spiro atoms. The second kappa shape index (κ2) is 3.59. The van der Waals surface area contributed by atoms with Gasteiger partial charge in [0.1, 0.15) is 0 Å². The Bertz CT molecular complexity index is 361. The summed E-state index contributed by atoms with van der Waals surface area (Å²) >= 11 is 0. The third kappa shape index (κ3) is 2.51. The van der Waals surface area contributed by atoms with Crippen LogP contribution >= 0.6 is 0 Å². The maximum Gasteiger partial charge on any atom is 0.328 e. The van der Waals surface area contributed by atoms with Crippen LogP contribution in [0.25, 0.3) is 0 Å². The zero-order valence-electron chi connectivity index (χ0n) is 7.53. The Kier molecular flexibility index (Phi) is 2.78. The summed E-state index contributed by atoms with van der Waals surface area (Å²) in [4.78, 5) is 10.2. The Morgan fingerprint density at radius 1 is 1.20 bits per heavy atom. The van der Waals surface area contributed by atoms with Gasteiger partial charge in [0.2, 0.25) is 11.6 Å². The van der Waals surface area contributed by atoms with Gasteiger partial charge >= 0.3 is 5.97 Å². The van der Waals surface area contributed by atoms with Gasteiger partial charge in [-0.15, -0.1) is 0 Å². The van der Waals surface area contributed by atoms with Gasteiger partial charge in [0.05, 0.1) is 0 Å². The first-order valence-electron chi connectivity index (χ1n) is 3.97. The molecule has 6 nitrogen and oxygen atoms in total. The molecule has 6 heteroatoms. The minimum Gasteiger partial charge on any atom is -0.478 e. The smallest absolute Gasteiger partial charge is 0.328 e. The molecule has 0 bridgehead atoms. The monoisotopic (exact) mass is 214 g/mol. The third-order valence-corrected chi connectivity index (χ3v) is 1.84. The van der Waals surface area contributed by atoms with Crippen molar-refractivity contribution in [3.63, 3.8) is 0 Å². The van der Waals surface area contributed by atoms with Crippen molar-refractivity contribution in [2.45, 2.75) is 11.6 Å². The SMILES string of the molecule is O=C(O)/C=C/C1=CC(O)(O)C(O)(O)C=C1. The molecule has 0 aromatic rings. The van der Waals surface area contributed by atoms with Crippen LogP contribution in [0, 0.1) is 0 Å². The maximum atomic E-state index is 10.2. The van der Waals surface area contributed by atoms with E-state index in [1.54, 1.807) is 0 Å². The van der Waals surface area contributed by atoms with Crippen LogP contribution in [0.4, 0.5) is 0 Å². The Hall–Kier alpha value is -1.47. The maximum absolute atomic E-state index is 10.2. The normalized spacial score (nSPS) is 22.8. The summed E-state index contributed by atoms with van der Waals surface area (Å²) in [6, 6.07) is 0. The molecule has 82 valence electrons. The van der Waals surface area contributed by atoms with Crippen LogP contribution in [0.1, 0.15) is 0 Å². The molecule has 0 heterocycles. The number of carboxylic acids is 1. The summed E-state index contributed by atoms with van der Waals surface area (Å²) in [6.07, 6.45) is 4.51. The Morgan fingerprint density at radius 2 is 1.80 bits per heavy atom. The fourth-order valence-electron chi connectivity index (χ4n) is 0.993. The largest absolute Gasteiger partial charge is 0.478 e. The average molecular weight is 214 g/mol. The molecule has 1 aliphatic carbocycles. The van der Waals surface area contributed by atoms with Gasteiger partial charge in [-0.1, -0.05) is 6.08 Å². The van der Waals surface area contributed by atoms with E-state index in [9.17, 15) is 15.0 Å².